The third-order valence-corrected chi connectivity index (χ3v) is 5.30. The maximum atomic E-state index is 6.04. The third kappa shape index (κ3) is 9.09. The molecule has 1 saturated carbocycles. The summed E-state index contributed by atoms with van der Waals surface area (Å²) in [4.78, 5) is 2.53. The van der Waals surface area contributed by atoms with Crippen molar-refractivity contribution in [2.24, 2.45) is 5.73 Å². The molecule has 2 nitrogen and oxygen atoms in total. The third-order valence-electron chi connectivity index (χ3n) is 5.30. The van der Waals surface area contributed by atoms with Gasteiger partial charge >= 0.3 is 0 Å². The molecule has 0 spiro atoms. The summed E-state index contributed by atoms with van der Waals surface area (Å²) >= 11 is 0. The zero-order valence-corrected chi connectivity index (χ0v) is 17.5. The van der Waals surface area contributed by atoms with Gasteiger partial charge in [-0.15, -0.1) is 12.8 Å². The lowest BCUT2D eigenvalue weighted by Gasteiger charge is -2.33. The summed E-state index contributed by atoms with van der Waals surface area (Å²) in [5.74, 6) is 0. The maximum Gasteiger partial charge on any atom is 0.0198 e. The minimum atomic E-state index is 0.429. The van der Waals surface area contributed by atoms with Gasteiger partial charge in [0.2, 0.25) is 0 Å². The van der Waals surface area contributed by atoms with Crippen molar-refractivity contribution in [1.29, 1.82) is 0 Å². The van der Waals surface area contributed by atoms with E-state index in [1.807, 2.05) is 0 Å². The first-order chi connectivity index (χ1) is 13.1. The van der Waals surface area contributed by atoms with Gasteiger partial charge in [-0.1, -0.05) is 60.6 Å². The Kier molecular flexibility index (Phi) is 11.5. The average Bonchev–Trinajstić information content (AvgIpc) is 2.89. The maximum absolute atomic E-state index is 6.04. The van der Waals surface area contributed by atoms with Crippen LogP contribution in [-0.4, -0.2) is 30.6 Å². The lowest BCUT2D eigenvalue weighted by atomic mass is 9.90. The van der Waals surface area contributed by atoms with Gasteiger partial charge in [-0.05, 0) is 64.5 Å². The number of hydrogen-bond donors (Lipinski definition) is 1. The monoisotopic (exact) mass is 366 g/mol. The molecule has 2 aliphatic rings. The van der Waals surface area contributed by atoms with Crippen molar-refractivity contribution >= 4 is 0 Å². The van der Waals surface area contributed by atoms with Gasteiger partial charge in [-0.2, -0.15) is 0 Å². The first kappa shape index (κ1) is 23.2. The molecule has 148 valence electrons. The molecule has 0 aliphatic heterocycles. The second-order valence-electron chi connectivity index (χ2n) is 7.68. The minimum Gasteiger partial charge on any atom is -0.328 e. The van der Waals surface area contributed by atoms with E-state index >= 15 is 0 Å². The van der Waals surface area contributed by atoms with E-state index in [1.54, 1.807) is 0 Å². The van der Waals surface area contributed by atoms with Crippen molar-refractivity contribution in [2.45, 2.75) is 70.9 Å². The molecule has 0 heterocycles. The zero-order chi connectivity index (χ0) is 20.1. The van der Waals surface area contributed by atoms with E-state index in [4.69, 9.17) is 5.73 Å². The molecule has 0 atom stereocenters. The van der Waals surface area contributed by atoms with E-state index in [1.165, 1.54) is 42.4 Å². The Labute approximate surface area is 167 Å². The molecule has 0 radical (unpaired) electrons. The van der Waals surface area contributed by atoms with Crippen LogP contribution in [0.25, 0.3) is 0 Å². The summed E-state index contributed by atoms with van der Waals surface area (Å²) in [6, 6.07) is 1.13. The Balaban J connectivity index is 0.00000176. The quantitative estimate of drug-likeness (QED) is 0.472. The van der Waals surface area contributed by atoms with Crippen LogP contribution < -0.4 is 5.73 Å². The molecule has 1 fully saturated rings. The van der Waals surface area contributed by atoms with Crippen LogP contribution in [0.3, 0.4) is 0 Å². The molecule has 0 saturated heterocycles. The van der Waals surface area contributed by atoms with Crippen molar-refractivity contribution in [2.75, 3.05) is 13.6 Å². The van der Waals surface area contributed by atoms with Crippen LogP contribution in [0.5, 0.6) is 0 Å². The van der Waals surface area contributed by atoms with Crippen LogP contribution in [0.4, 0.5) is 0 Å². The van der Waals surface area contributed by atoms with Crippen molar-refractivity contribution in [3.05, 3.63) is 59.3 Å². The minimum absolute atomic E-state index is 0.429. The molecule has 2 rings (SSSR count). The van der Waals surface area contributed by atoms with Crippen LogP contribution in [0, 0.1) is 12.8 Å². The highest BCUT2D eigenvalue weighted by Crippen LogP contribution is 2.23. The molecule has 2 aliphatic carbocycles. The van der Waals surface area contributed by atoms with Gasteiger partial charge in [0.15, 0.2) is 0 Å². The first-order valence-corrected chi connectivity index (χ1v) is 10.2. The Bertz CT molecular complexity index is 593. The van der Waals surface area contributed by atoms with Gasteiger partial charge in [-0.25, -0.2) is 0 Å². The van der Waals surface area contributed by atoms with Gasteiger partial charge in [0.05, 0.1) is 0 Å². The van der Waals surface area contributed by atoms with E-state index in [2.05, 4.69) is 81.2 Å². The number of terminal acetylenes is 1. The number of likely N-dealkylation sites (N-methyl/N-ethyl adjacent to an activating group) is 1. The van der Waals surface area contributed by atoms with E-state index in [9.17, 15) is 0 Å². The van der Waals surface area contributed by atoms with E-state index in [0.29, 0.717) is 12.1 Å². The Morgan fingerprint density at radius 3 is 2.59 bits per heavy atom. The molecule has 0 aromatic carbocycles. The second kappa shape index (κ2) is 13.4. The molecule has 0 amide bonds. The van der Waals surface area contributed by atoms with E-state index in [0.717, 1.165) is 25.8 Å². The molecule has 0 aromatic rings. The van der Waals surface area contributed by atoms with Gasteiger partial charge in [0.1, 0.15) is 0 Å². The fourth-order valence-electron chi connectivity index (χ4n) is 3.69. The number of rotatable bonds is 7. The molecular formula is C25H38N2. The normalized spacial score (nSPS) is 23.4. The number of nitrogens with two attached hydrogens (primary N) is 1. The summed E-state index contributed by atoms with van der Waals surface area (Å²) in [6.07, 6.45) is 31.9. The standard InChI is InChI=1S/C23H36N2.C2H2/c1-4-5-6-8-19(2)17-20-9-7-10-21(12-11-20)18-25(3)23-15-13-22(24)14-16-23;1-2/h5-9,11-12,22-23H,4,10,13-18,24H2,1-3H3;1-2H/b6-5-,19-8-;. The number of nitrogens with zero attached hydrogens (tertiary/aromatic N) is 1. The van der Waals surface area contributed by atoms with Crippen LogP contribution in [0.15, 0.2) is 59.3 Å². The van der Waals surface area contributed by atoms with Gasteiger partial charge < -0.3 is 5.73 Å². The lowest BCUT2D eigenvalue weighted by Crippen LogP contribution is -2.39. The number of hydrogen-bond acceptors (Lipinski definition) is 2. The Hall–Kier alpha value is -1.82. The molecule has 27 heavy (non-hydrogen) atoms. The van der Waals surface area contributed by atoms with Crippen LogP contribution in [0.1, 0.15) is 58.8 Å². The van der Waals surface area contributed by atoms with Crippen LogP contribution >= 0.6 is 0 Å². The predicted octanol–water partition coefficient (Wildman–Crippen LogP) is 5.55. The Morgan fingerprint density at radius 2 is 1.93 bits per heavy atom. The van der Waals surface area contributed by atoms with E-state index < -0.39 is 0 Å². The average molecular weight is 367 g/mol. The summed E-state index contributed by atoms with van der Waals surface area (Å²) in [5, 5.41) is 0. The number of allylic oxidation sites excluding steroid dienone is 9. The summed E-state index contributed by atoms with van der Waals surface area (Å²) in [7, 11) is 2.27. The highest BCUT2D eigenvalue weighted by Gasteiger charge is 2.22. The van der Waals surface area contributed by atoms with Crippen molar-refractivity contribution in [3.63, 3.8) is 0 Å². The SMILES string of the molecule is C#C.CC/C=C\C=C(\C)CC1=CC=C(CN(C)C2CCC(N)CC2)CC=C1. The van der Waals surface area contributed by atoms with Gasteiger partial charge in [-0.3, -0.25) is 4.90 Å². The van der Waals surface area contributed by atoms with Crippen molar-refractivity contribution < 1.29 is 0 Å². The van der Waals surface area contributed by atoms with Crippen molar-refractivity contribution in [1.82, 2.24) is 4.90 Å². The smallest absolute Gasteiger partial charge is 0.0198 e. The van der Waals surface area contributed by atoms with Crippen LogP contribution in [0.2, 0.25) is 0 Å². The highest BCUT2D eigenvalue weighted by atomic mass is 15.1. The molecular weight excluding hydrogens is 328 g/mol. The molecule has 2 heteroatoms. The summed E-state index contributed by atoms with van der Waals surface area (Å²) < 4.78 is 0. The first-order valence-electron chi connectivity index (χ1n) is 10.2. The lowest BCUT2D eigenvalue weighted by molar-refractivity contribution is 0.195. The molecule has 2 N–H and O–H groups in total. The molecule has 0 unspecified atom stereocenters. The fraction of sp³-hybridized carbons (Fsp3) is 0.520. The van der Waals surface area contributed by atoms with Crippen LogP contribution in [-0.2, 0) is 0 Å². The fourth-order valence-corrected chi connectivity index (χ4v) is 3.69. The Morgan fingerprint density at radius 1 is 1.22 bits per heavy atom. The largest absolute Gasteiger partial charge is 0.328 e. The second-order valence-corrected chi connectivity index (χ2v) is 7.68. The van der Waals surface area contributed by atoms with Gasteiger partial charge in [0.25, 0.3) is 0 Å². The topological polar surface area (TPSA) is 29.3 Å². The summed E-state index contributed by atoms with van der Waals surface area (Å²) in [5.41, 5.74) is 10.4. The van der Waals surface area contributed by atoms with Crippen molar-refractivity contribution in [3.8, 4) is 12.8 Å². The van der Waals surface area contributed by atoms with Gasteiger partial charge in [0, 0.05) is 18.6 Å². The molecule has 0 aromatic heterocycles. The van der Waals surface area contributed by atoms with E-state index in [-0.39, 0.29) is 0 Å². The highest BCUT2D eigenvalue weighted by molar-refractivity contribution is 5.34. The molecule has 0 bridgehead atoms. The zero-order valence-electron chi connectivity index (χ0n) is 17.5. The predicted molar refractivity (Wildman–Crippen MR) is 120 cm³/mol. The summed E-state index contributed by atoms with van der Waals surface area (Å²) in [6.45, 7) is 5.45.